The van der Waals surface area contributed by atoms with E-state index in [-0.39, 0.29) is 18.6 Å². The summed E-state index contributed by atoms with van der Waals surface area (Å²) >= 11 is 0. The van der Waals surface area contributed by atoms with Crippen LogP contribution in [0.3, 0.4) is 0 Å². The molecule has 2 atom stereocenters. The number of unbranched alkanes of at least 4 members (excludes halogenated alkanes) is 1. The van der Waals surface area contributed by atoms with Crippen LogP contribution in [0.25, 0.3) is 0 Å². The van der Waals surface area contributed by atoms with Gasteiger partial charge in [0, 0.05) is 12.6 Å². The summed E-state index contributed by atoms with van der Waals surface area (Å²) in [4.78, 5) is 21.9. The number of nitrogens with one attached hydrogen (secondary N) is 2. The third-order valence-electron chi connectivity index (χ3n) is 2.53. The number of aliphatic hydroxyl groups is 1. The highest BCUT2D eigenvalue weighted by molar-refractivity contribution is 5.74. The van der Waals surface area contributed by atoms with Crippen LogP contribution in [0.4, 0.5) is 4.79 Å². The van der Waals surface area contributed by atoms with Crippen molar-refractivity contribution in [1.29, 1.82) is 0 Å². The number of hydrogen-bond donors (Lipinski definition) is 4. The molecule has 0 saturated heterocycles. The molecule has 0 aliphatic heterocycles. The monoisotopic (exact) mass is 260 g/mol. The van der Waals surface area contributed by atoms with Gasteiger partial charge in [-0.3, -0.25) is 4.79 Å². The Morgan fingerprint density at radius 1 is 1.39 bits per heavy atom. The lowest BCUT2D eigenvalue weighted by Gasteiger charge is -2.22. The van der Waals surface area contributed by atoms with E-state index in [1.165, 1.54) is 6.92 Å². The molecule has 2 amide bonds. The first-order valence-corrected chi connectivity index (χ1v) is 6.25. The summed E-state index contributed by atoms with van der Waals surface area (Å²) in [7, 11) is 0. The molecule has 0 fully saturated rings. The van der Waals surface area contributed by atoms with Crippen molar-refractivity contribution >= 4 is 12.0 Å². The Bertz CT molecular complexity index is 279. The van der Waals surface area contributed by atoms with Crippen LogP contribution in [-0.2, 0) is 4.79 Å². The van der Waals surface area contributed by atoms with Gasteiger partial charge >= 0.3 is 12.0 Å². The highest BCUT2D eigenvalue weighted by Gasteiger charge is 2.24. The normalized spacial score (nSPS) is 15.6. The molecule has 6 nitrogen and oxygen atoms in total. The quantitative estimate of drug-likeness (QED) is 0.525. The van der Waals surface area contributed by atoms with Crippen LogP contribution in [0.5, 0.6) is 0 Å². The van der Waals surface area contributed by atoms with Crippen molar-refractivity contribution in [3.8, 4) is 0 Å². The van der Waals surface area contributed by atoms with E-state index in [0.717, 1.165) is 19.3 Å². The fourth-order valence-electron chi connectivity index (χ4n) is 1.52. The average molecular weight is 260 g/mol. The van der Waals surface area contributed by atoms with Crippen molar-refractivity contribution in [2.24, 2.45) is 0 Å². The molecule has 4 N–H and O–H groups in total. The number of rotatable bonds is 8. The smallest absolute Gasteiger partial charge is 0.315 e. The van der Waals surface area contributed by atoms with Crippen LogP contribution < -0.4 is 10.6 Å². The molecule has 0 aromatic heterocycles. The standard InChI is InChI=1S/C12H24N2O4/c1-4-5-6-9(2)14-11(17)13-8-12(3,18)7-10(15)16/h9,18H,4-8H2,1-3H3,(H,15,16)(H2,13,14,17). The van der Waals surface area contributed by atoms with Gasteiger partial charge in [0.15, 0.2) is 0 Å². The molecule has 6 heteroatoms. The predicted molar refractivity (Wildman–Crippen MR) is 68.4 cm³/mol. The van der Waals surface area contributed by atoms with Gasteiger partial charge in [0.25, 0.3) is 0 Å². The lowest BCUT2D eigenvalue weighted by Crippen LogP contribution is -2.47. The molecule has 18 heavy (non-hydrogen) atoms. The van der Waals surface area contributed by atoms with Crippen LogP contribution in [0, 0.1) is 0 Å². The first-order valence-electron chi connectivity index (χ1n) is 6.25. The van der Waals surface area contributed by atoms with E-state index in [9.17, 15) is 14.7 Å². The zero-order valence-electron chi connectivity index (χ0n) is 11.3. The van der Waals surface area contributed by atoms with Gasteiger partial charge in [0.2, 0.25) is 0 Å². The summed E-state index contributed by atoms with van der Waals surface area (Å²) in [5.74, 6) is -1.10. The minimum Gasteiger partial charge on any atom is -0.481 e. The summed E-state index contributed by atoms with van der Waals surface area (Å²) in [6.45, 7) is 5.27. The topological polar surface area (TPSA) is 98.7 Å². The van der Waals surface area contributed by atoms with Crippen molar-refractivity contribution in [2.45, 2.75) is 58.1 Å². The Kier molecular flexibility index (Phi) is 7.35. The minimum absolute atomic E-state index is 0.0642. The molecule has 0 heterocycles. The van der Waals surface area contributed by atoms with Gasteiger partial charge in [-0.1, -0.05) is 19.8 Å². The van der Waals surface area contributed by atoms with E-state index in [1.54, 1.807) is 0 Å². The Morgan fingerprint density at radius 3 is 2.50 bits per heavy atom. The summed E-state index contributed by atoms with van der Waals surface area (Å²) in [5.41, 5.74) is -1.43. The second-order valence-corrected chi connectivity index (χ2v) is 4.94. The maximum atomic E-state index is 11.5. The zero-order chi connectivity index (χ0) is 14.2. The SMILES string of the molecule is CCCCC(C)NC(=O)NCC(C)(O)CC(=O)O. The van der Waals surface area contributed by atoms with Gasteiger partial charge in [-0.2, -0.15) is 0 Å². The van der Waals surface area contributed by atoms with Crippen LogP contribution in [0.2, 0.25) is 0 Å². The molecule has 0 rings (SSSR count). The number of urea groups is 1. The van der Waals surface area contributed by atoms with E-state index in [0.29, 0.717) is 0 Å². The molecule has 0 aliphatic rings. The highest BCUT2D eigenvalue weighted by Crippen LogP contribution is 2.07. The number of carboxylic acid groups (broad SMARTS) is 1. The Hall–Kier alpha value is -1.30. The largest absolute Gasteiger partial charge is 0.481 e. The molecule has 0 spiro atoms. The lowest BCUT2D eigenvalue weighted by molar-refractivity contribution is -0.141. The number of carbonyl (C=O) groups is 2. The molecule has 2 unspecified atom stereocenters. The Morgan fingerprint density at radius 2 is 2.00 bits per heavy atom. The van der Waals surface area contributed by atoms with Crippen molar-refractivity contribution in [1.82, 2.24) is 10.6 Å². The van der Waals surface area contributed by atoms with E-state index in [1.807, 2.05) is 6.92 Å². The number of carboxylic acids is 1. The predicted octanol–water partition coefficient (Wildman–Crippen LogP) is 1.09. The first kappa shape index (κ1) is 16.7. The number of amides is 2. The van der Waals surface area contributed by atoms with Crippen LogP contribution in [-0.4, -0.2) is 40.4 Å². The second-order valence-electron chi connectivity index (χ2n) is 4.94. The summed E-state index contributed by atoms with van der Waals surface area (Å²) in [6, 6.07) is -0.321. The molecule has 0 saturated carbocycles. The lowest BCUT2D eigenvalue weighted by atomic mass is 10.0. The Balaban J connectivity index is 3.92. The zero-order valence-corrected chi connectivity index (χ0v) is 11.3. The number of hydrogen-bond acceptors (Lipinski definition) is 3. The van der Waals surface area contributed by atoms with Crippen molar-refractivity contribution in [3.63, 3.8) is 0 Å². The fraction of sp³-hybridized carbons (Fsp3) is 0.833. The van der Waals surface area contributed by atoms with Crippen molar-refractivity contribution < 1.29 is 19.8 Å². The van der Waals surface area contributed by atoms with Gasteiger partial charge in [-0.25, -0.2) is 4.79 Å². The summed E-state index contributed by atoms with van der Waals surface area (Å²) < 4.78 is 0. The molecule has 0 aliphatic carbocycles. The van der Waals surface area contributed by atoms with Gasteiger partial charge in [-0.15, -0.1) is 0 Å². The molecule has 0 bridgehead atoms. The maximum Gasteiger partial charge on any atom is 0.315 e. The van der Waals surface area contributed by atoms with E-state index in [4.69, 9.17) is 5.11 Å². The first-order chi connectivity index (χ1) is 8.26. The van der Waals surface area contributed by atoms with Gasteiger partial charge < -0.3 is 20.8 Å². The third-order valence-corrected chi connectivity index (χ3v) is 2.53. The molecule has 0 aromatic rings. The van der Waals surface area contributed by atoms with Crippen LogP contribution in [0.15, 0.2) is 0 Å². The summed E-state index contributed by atoms with van der Waals surface area (Å²) in [6.07, 6.45) is 2.60. The van der Waals surface area contributed by atoms with Crippen molar-refractivity contribution in [2.75, 3.05) is 6.54 Å². The highest BCUT2D eigenvalue weighted by atomic mass is 16.4. The molecular formula is C12H24N2O4. The van der Waals surface area contributed by atoms with Crippen molar-refractivity contribution in [3.05, 3.63) is 0 Å². The van der Waals surface area contributed by atoms with Gasteiger partial charge in [0.05, 0.1) is 12.0 Å². The van der Waals surface area contributed by atoms with E-state index >= 15 is 0 Å². The number of carbonyl (C=O) groups excluding carboxylic acids is 1. The maximum absolute atomic E-state index is 11.5. The van der Waals surface area contributed by atoms with Gasteiger partial charge in [-0.05, 0) is 20.3 Å². The third kappa shape index (κ3) is 8.81. The molecular weight excluding hydrogens is 236 g/mol. The molecule has 106 valence electrons. The van der Waals surface area contributed by atoms with E-state index in [2.05, 4.69) is 17.6 Å². The molecule has 0 aromatic carbocycles. The van der Waals surface area contributed by atoms with Crippen LogP contribution in [0.1, 0.15) is 46.5 Å². The summed E-state index contributed by atoms with van der Waals surface area (Å²) in [5, 5.41) is 23.5. The van der Waals surface area contributed by atoms with Crippen LogP contribution >= 0.6 is 0 Å². The fourth-order valence-corrected chi connectivity index (χ4v) is 1.52. The van der Waals surface area contributed by atoms with Gasteiger partial charge in [0.1, 0.15) is 0 Å². The Labute approximate surface area is 108 Å². The number of aliphatic carboxylic acids is 1. The van der Waals surface area contributed by atoms with E-state index < -0.39 is 18.0 Å². The average Bonchev–Trinajstić information content (AvgIpc) is 2.22. The minimum atomic E-state index is -1.43. The second kappa shape index (κ2) is 7.92. The molecule has 0 radical (unpaired) electrons.